The minimum Gasteiger partial charge on any atom is -0.496 e. The third-order valence-electron chi connectivity index (χ3n) is 3.81. The van der Waals surface area contributed by atoms with Gasteiger partial charge in [-0.15, -0.1) is 0 Å². The lowest BCUT2D eigenvalue weighted by atomic mass is 10.2. The van der Waals surface area contributed by atoms with Gasteiger partial charge >= 0.3 is 0 Å². The maximum absolute atomic E-state index is 12.2. The van der Waals surface area contributed by atoms with E-state index in [4.69, 9.17) is 4.74 Å². The maximum Gasteiger partial charge on any atom is 0.254 e. The highest BCUT2D eigenvalue weighted by molar-refractivity contribution is 5.94. The van der Waals surface area contributed by atoms with Gasteiger partial charge in [0, 0.05) is 50.2 Å². The van der Waals surface area contributed by atoms with E-state index < -0.39 is 0 Å². The first-order valence-corrected chi connectivity index (χ1v) is 7.73. The predicted octanol–water partition coefficient (Wildman–Crippen LogP) is 1.66. The smallest absolute Gasteiger partial charge is 0.254 e. The van der Waals surface area contributed by atoms with Gasteiger partial charge in [-0.25, -0.2) is 0 Å². The van der Waals surface area contributed by atoms with Gasteiger partial charge in [-0.05, 0) is 37.3 Å². The van der Waals surface area contributed by atoms with E-state index in [1.54, 1.807) is 22.8 Å². The Morgan fingerprint density at radius 2 is 1.88 bits per heavy atom. The van der Waals surface area contributed by atoms with E-state index in [2.05, 4.69) is 5.32 Å². The molecule has 2 aromatic rings. The molecular weight excluding hydrogens is 306 g/mol. The van der Waals surface area contributed by atoms with Crippen molar-refractivity contribution in [3.8, 4) is 5.75 Å². The van der Waals surface area contributed by atoms with Crippen LogP contribution in [0, 0.1) is 6.92 Å². The Hall–Kier alpha value is -2.76. The van der Waals surface area contributed by atoms with Crippen molar-refractivity contribution in [3.63, 3.8) is 0 Å². The van der Waals surface area contributed by atoms with Gasteiger partial charge in [-0.2, -0.15) is 0 Å². The zero-order valence-corrected chi connectivity index (χ0v) is 14.5. The molecule has 0 unspecified atom stereocenters. The molecule has 0 aliphatic heterocycles. The van der Waals surface area contributed by atoms with Crippen molar-refractivity contribution in [2.24, 2.45) is 0 Å². The van der Waals surface area contributed by atoms with Crippen LogP contribution >= 0.6 is 0 Å². The Morgan fingerprint density at radius 1 is 1.21 bits per heavy atom. The number of benzene rings is 1. The van der Waals surface area contributed by atoms with Gasteiger partial charge in [0.25, 0.3) is 11.5 Å². The highest BCUT2D eigenvalue weighted by atomic mass is 16.5. The number of nitrogens with zero attached hydrogens (tertiary/aromatic N) is 2. The summed E-state index contributed by atoms with van der Waals surface area (Å²) >= 11 is 0. The van der Waals surface area contributed by atoms with Crippen LogP contribution in [0.2, 0.25) is 0 Å². The molecule has 0 radical (unpaired) electrons. The first-order chi connectivity index (χ1) is 11.4. The fourth-order valence-corrected chi connectivity index (χ4v) is 2.40. The van der Waals surface area contributed by atoms with Crippen molar-refractivity contribution < 1.29 is 9.53 Å². The van der Waals surface area contributed by atoms with E-state index in [1.165, 1.54) is 13.2 Å². The normalized spacial score (nSPS) is 10.3. The lowest BCUT2D eigenvalue weighted by Gasteiger charge is -2.13. The Kier molecular flexibility index (Phi) is 5.63. The summed E-state index contributed by atoms with van der Waals surface area (Å²) < 4.78 is 6.68. The number of carbonyl (C=O) groups is 1. The van der Waals surface area contributed by atoms with Crippen LogP contribution in [0.4, 0.5) is 5.69 Å². The molecule has 1 amide bonds. The fourth-order valence-electron chi connectivity index (χ4n) is 2.40. The quantitative estimate of drug-likeness (QED) is 0.875. The van der Waals surface area contributed by atoms with Crippen molar-refractivity contribution in [1.29, 1.82) is 0 Å². The van der Waals surface area contributed by atoms with E-state index in [9.17, 15) is 9.59 Å². The zero-order valence-electron chi connectivity index (χ0n) is 14.5. The van der Waals surface area contributed by atoms with Gasteiger partial charge in [-0.1, -0.05) is 0 Å². The second kappa shape index (κ2) is 7.68. The molecule has 6 heteroatoms. The van der Waals surface area contributed by atoms with E-state index in [1.807, 2.05) is 38.1 Å². The van der Waals surface area contributed by atoms with Crippen molar-refractivity contribution in [2.75, 3.05) is 32.6 Å². The summed E-state index contributed by atoms with van der Waals surface area (Å²) in [5, 5.41) is 2.84. The number of pyridine rings is 1. The van der Waals surface area contributed by atoms with Crippen LogP contribution in [0.3, 0.4) is 0 Å². The highest BCUT2D eigenvalue weighted by Crippen LogP contribution is 2.12. The fraction of sp³-hybridized carbons (Fsp3) is 0.333. The Bertz CT molecular complexity index is 764. The van der Waals surface area contributed by atoms with Crippen LogP contribution in [0.15, 0.2) is 41.2 Å². The van der Waals surface area contributed by atoms with Crippen LogP contribution in [0.1, 0.15) is 16.1 Å². The SMILES string of the molecule is COc1cc(C)n(CCNC(=O)c2ccc(N(C)C)cc2)c(=O)c1. The average Bonchev–Trinajstić information content (AvgIpc) is 2.56. The summed E-state index contributed by atoms with van der Waals surface area (Å²) in [4.78, 5) is 26.2. The van der Waals surface area contributed by atoms with Crippen LogP contribution < -0.4 is 20.5 Å². The molecule has 1 aromatic carbocycles. The number of nitrogens with one attached hydrogen (secondary N) is 1. The predicted molar refractivity (Wildman–Crippen MR) is 95.1 cm³/mol. The number of amides is 1. The minimum absolute atomic E-state index is 0.142. The van der Waals surface area contributed by atoms with Crippen LogP contribution in [-0.4, -0.2) is 38.2 Å². The highest BCUT2D eigenvalue weighted by Gasteiger charge is 2.07. The molecule has 2 rings (SSSR count). The van der Waals surface area contributed by atoms with Crippen LogP contribution in [0.25, 0.3) is 0 Å². The molecule has 1 N–H and O–H groups in total. The summed E-state index contributed by atoms with van der Waals surface area (Å²) in [6, 6.07) is 10.6. The third-order valence-corrected chi connectivity index (χ3v) is 3.81. The topological polar surface area (TPSA) is 63.6 Å². The maximum atomic E-state index is 12.2. The number of carbonyl (C=O) groups excluding carboxylic acids is 1. The summed E-state index contributed by atoms with van der Waals surface area (Å²) in [7, 11) is 5.42. The molecule has 24 heavy (non-hydrogen) atoms. The standard InChI is InChI=1S/C18H23N3O3/c1-13-11-16(24-4)12-17(22)21(13)10-9-19-18(23)14-5-7-15(8-6-14)20(2)3/h5-8,11-12H,9-10H2,1-4H3,(H,19,23). The van der Waals surface area contributed by atoms with Gasteiger partial charge in [0.1, 0.15) is 5.75 Å². The molecule has 6 nitrogen and oxygen atoms in total. The zero-order chi connectivity index (χ0) is 17.7. The molecule has 128 valence electrons. The first-order valence-electron chi connectivity index (χ1n) is 7.73. The lowest BCUT2D eigenvalue weighted by Crippen LogP contribution is -2.31. The number of methoxy groups -OCH3 is 1. The molecule has 0 atom stereocenters. The number of anilines is 1. The molecule has 0 fully saturated rings. The van der Waals surface area contributed by atoms with Crippen molar-refractivity contribution in [2.45, 2.75) is 13.5 Å². The van der Waals surface area contributed by atoms with E-state index in [-0.39, 0.29) is 11.5 Å². The number of ether oxygens (including phenoxy) is 1. The molecule has 0 saturated carbocycles. The van der Waals surface area contributed by atoms with Gasteiger partial charge in [0.2, 0.25) is 0 Å². The van der Waals surface area contributed by atoms with Gasteiger partial charge in [-0.3, -0.25) is 9.59 Å². The van der Waals surface area contributed by atoms with Crippen molar-refractivity contribution in [3.05, 3.63) is 58.0 Å². The molecule has 0 bridgehead atoms. The molecule has 1 aromatic heterocycles. The first kappa shape index (κ1) is 17.6. The number of aryl methyl sites for hydroxylation is 1. The minimum atomic E-state index is -0.153. The van der Waals surface area contributed by atoms with Crippen LogP contribution in [-0.2, 0) is 6.54 Å². The molecule has 1 heterocycles. The van der Waals surface area contributed by atoms with Crippen molar-refractivity contribution >= 4 is 11.6 Å². The molecule has 0 saturated heterocycles. The van der Waals surface area contributed by atoms with E-state index >= 15 is 0 Å². The Labute approximate surface area is 141 Å². The Morgan fingerprint density at radius 3 is 2.42 bits per heavy atom. The molecule has 0 spiro atoms. The van der Waals surface area contributed by atoms with Gasteiger partial charge in [0.15, 0.2) is 0 Å². The third kappa shape index (κ3) is 4.16. The monoisotopic (exact) mass is 329 g/mol. The number of rotatable bonds is 6. The summed E-state index contributed by atoms with van der Waals surface area (Å²) in [6.07, 6.45) is 0. The number of hydrogen-bond acceptors (Lipinski definition) is 4. The van der Waals surface area contributed by atoms with Crippen LogP contribution in [0.5, 0.6) is 5.75 Å². The second-order valence-corrected chi connectivity index (χ2v) is 5.72. The van der Waals surface area contributed by atoms with E-state index in [0.29, 0.717) is 24.4 Å². The van der Waals surface area contributed by atoms with Gasteiger partial charge in [0.05, 0.1) is 7.11 Å². The second-order valence-electron chi connectivity index (χ2n) is 5.72. The largest absolute Gasteiger partial charge is 0.496 e. The summed E-state index contributed by atoms with van der Waals surface area (Å²) in [5.74, 6) is 0.387. The van der Waals surface area contributed by atoms with E-state index in [0.717, 1.165) is 11.4 Å². The van der Waals surface area contributed by atoms with Gasteiger partial charge < -0.3 is 19.5 Å². The summed E-state index contributed by atoms with van der Waals surface area (Å²) in [6.45, 7) is 2.63. The molecule has 0 aliphatic rings. The number of hydrogen-bond donors (Lipinski definition) is 1. The summed E-state index contributed by atoms with van der Waals surface area (Å²) in [5.41, 5.74) is 2.28. The number of aromatic nitrogens is 1. The lowest BCUT2D eigenvalue weighted by molar-refractivity contribution is 0.0952. The van der Waals surface area contributed by atoms with Crippen molar-refractivity contribution in [1.82, 2.24) is 9.88 Å². The average molecular weight is 329 g/mol. The Balaban J connectivity index is 1.97. The molecule has 0 aliphatic carbocycles. The molecular formula is C18H23N3O3.